The second kappa shape index (κ2) is 8.17. The number of carbonyl (C=O) groups is 3. The van der Waals surface area contributed by atoms with Crippen molar-refractivity contribution in [2.24, 2.45) is 11.8 Å². The van der Waals surface area contributed by atoms with Crippen LogP contribution in [0.25, 0.3) is 0 Å². The molecule has 1 unspecified atom stereocenters. The highest BCUT2D eigenvalue weighted by atomic mass is 16.4. The summed E-state index contributed by atoms with van der Waals surface area (Å²) < 4.78 is 0. The molecule has 1 saturated heterocycles. The summed E-state index contributed by atoms with van der Waals surface area (Å²) in [4.78, 5) is 36.9. The number of amides is 3. The van der Waals surface area contributed by atoms with E-state index >= 15 is 0 Å². The van der Waals surface area contributed by atoms with Crippen molar-refractivity contribution >= 4 is 17.9 Å². The van der Waals surface area contributed by atoms with Gasteiger partial charge in [0, 0.05) is 26.1 Å². The van der Waals surface area contributed by atoms with Crippen LogP contribution in [0, 0.1) is 11.8 Å². The summed E-state index contributed by atoms with van der Waals surface area (Å²) >= 11 is 0. The average molecular weight is 327 g/mol. The van der Waals surface area contributed by atoms with Crippen molar-refractivity contribution in [2.45, 2.75) is 52.5 Å². The van der Waals surface area contributed by atoms with Gasteiger partial charge in [0.2, 0.25) is 5.91 Å². The van der Waals surface area contributed by atoms with Crippen molar-refractivity contribution < 1.29 is 19.5 Å². The summed E-state index contributed by atoms with van der Waals surface area (Å²) in [5, 5.41) is 14.5. The van der Waals surface area contributed by atoms with E-state index in [0.29, 0.717) is 25.6 Å². The van der Waals surface area contributed by atoms with Gasteiger partial charge in [-0.15, -0.1) is 0 Å². The van der Waals surface area contributed by atoms with Crippen LogP contribution in [0.3, 0.4) is 0 Å². The molecule has 1 rings (SSSR count). The molecule has 1 heterocycles. The van der Waals surface area contributed by atoms with Gasteiger partial charge in [-0.1, -0.05) is 13.8 Å². The molecule has 0 saturated carbocycles. The normalized spacial score (nSPS) is 18.7. The third kappa shape index (κ3) is 6.46. The van der Waals surface area contributed by atoms with Gasteiger partial charge in [-0.25, -0.2) is 9.59 Å². The molecule has 23 heavy (non-hydrogen) atoms. The number of hydrogen-bond donors (Lipinski definition) is 3. The van der Waals surface area contributed by atoms with Crippen molar-refractivity contribution in [3.8, 4) is 0 Å². The Labute approximate surface area is 137 Å². The monoisotopic (exact) mass is 327 g/mol. The van der Waals surface area contributed by atoms with Crippen molar-refractivity contribution in [3.05, 3.63) is 0 Å². The first-order valence-corrected chi connectivity index (χ1v) is 8.19. The first-order chi connectivity index (χ1) is 10.6. The molecule has 1 fully saturated rings. The van der Waals surface area contributed by atoms with Gasteiger partial charge in [0.1, 0.15) is 5.54 Å². The Hall–Kier alpha value is -1.79. The summed E-state index contributed by atoms with van der Waals surface area (Å²) in [6, 6.07) is -0.0883. The number of urea groups is 1. The fourth-order valence-corrected chi connectivity index (χ4v) is 2.53. The Morgan fingerprint density at radius 3 is 2.52 bits per heavy atom. The number of aliphatic carboxylic acids is 1. The van der Waals surface area contributed by atoms with Crippen molar-refractivity contribution in [1.82, 2.24) is 15.5 Å². The minimum atomic E-state index is -1.28. The zero-order valence-electron chi connectivity index (χ0n) is 14.5. The van der Waals surface area contributed by atoms with E-state index in [2.05, 4.69) is 10.6 Å². The van der Waals surface area contributed by atoms with Gasteiger partial charge < -0.3 is 20.6 Å². The van der Waals surface area contributed by atoms with Crippen LogP contribution >= 0.6 is 0 Å². The van der Waals surface area contributed by atoms with Crippen LogP contribution < -0.4 is 10.6 Å². The molecule has 0 aromatic heterocycles. The molecule has 0 aromatic carbocycles. The predicted octanol–water partition coefficient (Wildman–Crippen LogP) is 1.43. The fourth-order valence-electron chi connectivity index (χ4n) is 2.53. The number of carboxylic acid groups (broad SMARTS) is 1. The zero-order valence-corrected chi connectivity index (χ0v) is 14.5. The van der Waals surface area contributed by atoms with E-state index in [1.165, 1.54) is 13.8 Å². The number of carbonyl (C=O) groups excluding carboxylic acids is 2. The summed E-state index contributed by atoms with van der Waals surface area (Å²) in [6.07, 6.45) is 1.97. The lowest BCUT2D eigenvalue weighted by Crippen LogP contribution is -2.51. The van der Waals surface area contributed by atoms with Gasteiger partial charge in [-0.05, 0) is 38.5 Å². The number of carboxylic acids is 1. The van der Waals surface area contributed by atoms with E-state index in [9.17, 15) is 14.4 Å². The topological polar surface area (TPSA) is 98.7 Å². The molecule has 7 heteroatoms. The number of likely N-dealkylation sites (tertiary alicyclic amines) is 1. The van der Waals surface area contributed by atoms with Crippen LogP contribution in [0.15, 0.2) is 0 Å². The van der Waals surface area contributed by atoms with Gasteiger partial charge >= 0.3 is 12.0 Å². The van der Waals surface area contributed by atoms with Gasteiger partial charge in [-0.2, -0.15) is 0 Å². The first-order valence-electron chi connectivity index (χ1n) is 8.19. The van der Waals surface area contributed by atoms with Crippen molar-refractivity contribution in [2.75, 3.05) is 19.6 Å². The SMILES string of the molecule is CC(C)CNC(=O)N1CCCC(CC(=O)NC(C)(C)C(=O)O)C1. The summed E-state index contributed by atoms with van der Waals surface area (Å²) in [7, 11) is 0. The highest BCUT2D eigenvalue weighted by Crippen LogP contribution is 2.20. The fraction of sp³-hybridized carbons (Fsp3) is 0.812. The molecule has 3 amide bonds. The Balaban J connectivity index is 2.47. The van der Waals surface area contributed by atoms with Crippen molar-refractivity contribution in [1.29, 1.82) is 0 Å². The third-order valence-electron chi connectivity index (χ3n) is 3.93. The van der Waals surface area contributed by atoms with Crippen LogP contribution in [0.2, 0.25) is 0 Å². The molecule has 0 bridgehead atoms. The molecule has 0 radical (unpaired) electrons. The van der Waals surface area contributed by atoms with Crippen LogP contribution in [0.1, 0.15) is 47.0 Å². The standard InChI is InChI=1S/C16H29N3O4/c1-11(2)9-17-15(23)19-7-5-6-12(10-19)8-13(20)18-16(3,4)14(21)22/h11-12H,5-10H2,1-4H3,(H,17,23)(H,18,20)(H,21,22). The smallest absolute Gasteiger partial charge is 0.328 e. The van der Waals surface area contributed by atoms with Crippen LogP contribution in [0.4, 0.5) is 4.79 Å². The van der Waals surface area contributed by atoms with Gasteiger partial charge in [0.15, 0.2) is 0 Å². The second-order valence-electron chi connectivity index (χ2n) is 7.22. The van der Waals surface area contributed by atoms with E-state index < -0.39 is 11.5 Å². The van der Waals surface area contributed by atoms with E-state index in [0.717, 1.165) is 12.8 Å². The molecule has 0 aromatic rings. The molecule has 0 aliphatic carbocycles. The van der Waals surface area contributed by atoms with E-state index in [4.69, 9.17) is 5.11 Å². The Bertz CT molecular complexity index is 449. The van der Waals surface area contributed by atoms with Crippen LogP contribution in [-0.2, 0) is 9.59 Å². The van der Waals surface area contributed by atoms with E-state index in [1.54, 1.807) is 4.90 Å². The van der Waals surface area contributed by atoms with Gasteiger partial charge in [0.05, 0.1) is 0 Å². The number of nitrogens with zero attached hydrogens (tertiary/aromatic N) is 1. The summed E-state index contributed by atoms with van der Waals surface area (Å²) in [6.45, 7) is 8.85. The molecule has 132 valence electrons. The minimum Gasteiger partial charge on any atom is -0.480 e. The maximum atomic E-state index is 12.1. The third-order valence-corrected chi connectivity index (χ3v) is 3.93. The van der Waals surface area contributed by atoms with Crippen LogP contribution in [-0.4, -0.2) is 53.1 Å². The quantitative estimate of drug-likeness (QED) is 0.687. The lowest BCUT2D eigenvalue weighted by atomic mass is 9.94. The highest BCUT2D eigenvalue weighted by molar-refractivity contribution is 5.86. The lowest BCUT2D eigenvalue weighted by molar-refractivity contribution is -0.146. The Morgan fingerprint density at radius 2 is 1.96 bits per heavy atom. The van der Waals surface area contributed by atoms with Crippen LogP contribution in [0.5, 0.6) is 0 Å². The number of rotatable bonds is 6. The number of piperidine rings is 1. The largest absolute Gasteiger partial charge is 0.480 e. The first kappa shape index (κ1) is 19.3. The molecular formula is C16H29N3O4. The molecule has 1 aliphatic rings. The van der Waals surface area contributed by atoms with E-state index in [-0.39, 0.29) is 24.3 Å². The predicted molar refractivity (Wildman–Crippen MR) is 87.0 cm³/mol. The molecule has 3 N–H and O–H groups in total. The van der Waals surface area contributed by atoms with Crippen molar-refractivity contribution in [3.63, 3.8) is 0 Å². The average Bonchev–Trinajstić information content (AvgIpc) is 2.44. The number of nitrogens with one attached hydrogen (secondary N) is 2. The van der Waals surface area contributed by atoms with Gasteiger partial charge in [0.25, 0.3) is 0 Å². The molecule has 0 spiro atoms. The second-order valence-corrected chi connectivity index (χ2v) is 7.22. The highest BCUT2D eigenvalue weighted by Gasteiger charge is 2.31. The molecular weight excluding hydrogens is 298 g/mol. The molecule has 1 aliphatic heterocycles. The molecule has 1 atom stereocenters. The Kier molecular flexibility index (Phi) is 6.84. The van der Waals surface area contributed by atoms with Gasteiger partial charge in [-0.3, -0.25) is 4.79 Å². The number of hydrogen-bond acceptors (Lipinski definition) is 3. The zero-order chi connectivity index (χ0) is 17.6. The molecule has 7 nitrogen and oxygen atoms in total. The summed E-state index contributed by atoms with van der Waals surface area (Å²) in [5.41, 5.74) is -1.28. The Morgan fingerprint density at radius 1 is 1.30 bits per heavy atom. The maximum absolute atomic E-state index is 12.1. The minimum absolute atomic E-state index is 0.0677. The maximum Gasteiger partial charge on any atom is 0.328 e. The summed E-state index contributed by atoms with van der Waals surface area (Å²) in [5.74, 6) is -0.891. The lowest BCUT2D eigenvalue weighted by Gasteiger charge is -2.33. The van der Waals surface area contributed by atoms with E-state index in [1.807, 2.05) is 13.8 Å².